The van der Waals surface area contributed by atoms with Crippen LogP contribution in [0.15, 0.2) is 91.4 Å². The molecule has 0 unspecified atom stereocenters. The van der Waals surface area contributed by atoms with Crippen LogP contribution in [0.5, 0.6) is 0 Å². The predicted molar refractivity (Wildman–Crippen MR) is 96.5 cm³/mol. The van der Waals surface area contributed by atoms with Crippen LogP contribution >= 0.6 is 0 Å². The number of hydrogen-bond acceptors (Lipinski definition) is 2. The van der Waals surface area contributed by atoms with Crippen LogP contribution < -0.4 is 0 Å². The number of nitrogens with zero attached hydrogens (tertiary/aromatic N) is 3. The Morgan fingerprint density at radius 2 is 1.64 bits per heavy atom. The molecule has 4 rings (SSSR count). The van der Waals surface area contributed by atoms with Gasteiger partial charge in [-0.3, -0.25) is 4.68 Å². The third-order valence-electron chi connectivity index (χ3n) is 3.39. The van der Waals surface area contributed by atoms with Crippen molar-refractivity contribution < 1.29 is 20.1 Å². The first kappa shape index (κ1) is 18.7. The van der Waals surface area contributed by atoms with Crippen molar-refractivity contribution in [3.05, 3.63) is 110 Å². The third kappa shape index (κ3) is 5.15. The van der Waals surface area contributed by atoms with Crippen LogP contribution in [-0.2, 0) is 20.1 Å². The Hall–Kier alpha value is -2.68. The fourth-order valence-corrected chi connectivity index (χ4v) is 2.22. The minimum atomic E-state index is 0. The predicted octanol–water partition coefficient (Wildman–Crippen LogP) is 4.60. The summed E-state index contributed by atoms with van der Waals surface area (Å²) in [5.41, 5.74) is 4.03. The standard InChI is InChI=1S/C11H8N.C10H9N2.Ir/c1-2-6-10(7-3-1)11-8-4-5-9-12-11;1-9-5-2-3-6-10(9)12-8-4-7-11-12;/h1-6,8-9H;2-8H,1H2;/q2*-1;. The van der Waals surface area contributed by atoms with Gasteiger partial charge in [0.25, 0.3) is 0 Å². The molecule has 2 heterocycles. The maximum absolute atomic E-state index is 4.22. The first-order valence-electron chi connectivity index (χ1n) is 7.64. The maximum Gasteiger partial charge on any atom is 0.0481 e. The number of pyridine rings is 1. The number of hydrogen-bond donors (Lipinski definition) is 0. The normalized spacial score (nSPS) is 9.44. The molecule has 127 valence electrons. The maximum atomic E-state index is 4.22. The van der Waals surface area contributed by atoms with E-state index >= 15 is 0 Å². The summed E-state index contributed by atoms with van der Waals surface area (Å²) in [5, 5.41) is 4.12. The summed E-state index contributed by atoms with van der Waals surface area (Å²) >= 11 is 0. The second kappa shape index (κ2) is 9.58. The van der Waals surface area contributed by atoms with Crippen LogP contribution in [0.1, 0.15) is 5.56 Å². The van der Waals surface area contributed by atoms with E-state index in [0.717, 1.165) is 22.5 Å². The van der Waals surface area contributed by atoms with Gasteiger partial charge in [0.05, 0.1) is 0 Å². The van der Waals surface area contributed by atoms with E-state index in [4.69, 9.17) is 0 Å². The monoisotopic (exact) mass is 504 g/mol. The van der Waals surface area contributed by atoms with E-state index in [-0.39, 0.29) is 20.1 Å². The van der Waals surface area contributed by atoms with Gasteiger partial charge in [-0.2, -0.15) is 23.7 Å². The number of benzene rings is 2. The molecule has 25 heavy (non-hydrogen) atoms. The molecule has 0 spiro atoms. The van der Waals surface area contributed by atoms with Gasteiger partial charge in [0.1, 0.15) is 0 Å². The van der Waals surface area contributed by atoms with Crippen molar-refractivity contribution in [2.24, 2.45) is 0 Å². The van der Waals surface area contributed by atoms with Crippen LogP contribution in [0.25, 0.3) is 16.9 Å². The van der Waals surface area contributed by atoms with Crippen LogP contribution in [0, 0.1) is 13.0 Å². The summed E-state index contributed by atoms with van der Waals surface area (Å²) in [6.07, 6.45) is 5.45. The Bertz CT molecular complexity index is 823. The first-order valence-corrected chi connectivity index (χ1v) is 7.64. The van der Waals surface area contributed by atoms with E-state index in [1.165, 1.54) is 0 Å². The van der Waals surface area contributed by atoms with Gasteiger partial charge in [0, 0.05) is 38.7 Å². The van der Waals surface area contributed by atoms with Gasteiger partial charge >= 0.3 is 0 Å². The minimum absolute atomic E-state index is 0. The molecule has 0 amide bonds. The molecule has 0 bridgehead atoms. The van der Waals surface area contributed by atoms with Gasteiger partial charge in [-0.1, -0.05) is 24.3 Å². The molecule has 0 aliphatic heterocycles. The molecule has 4 heteroatoms. The molecule has 0 saturated heterocycles. The molecular formula is C21H17IrN3-2. The summed E-state index contributed by atoms with van der Waals surface area (Å²) in [6, 6.07) is 26.6. The average molecular weight is 504 g/mol. The Labute approximate surface area is 161 Å². The molecular weight excluding hydrogens is 486 g/mol. The van der Waals surface area contributed by atoms with E-state index in [1.54, 1.807) is 12.4 Å². The molecule has 2 aromatic heterocycles. The van der Waals surface area contributed by atoms with E-state index < -0.39 is 0 Å². The molecule has 0 saturated carbocycles. The molecule has 2 aromatic carbocycles. The van der Waals surface area contributed by atoms with E-state index in [2.05, 4.69) is 23.1 Å². The summed E-state index contributed by atoms with van der Waals surface area (Å²) in [5.74, 6) is 0. The van der Waals surface area contributed by atoms with Crippen LogP contribution in [-0.4, -0.2) is 14.8 Å². The molecule has 0 aliphatic rings. The van der Waals surface area contributed by atoms with Crippen molar-refractivity contribution in [1.29, 1.82) is 0 Å². The van der Waals surface area contributed by atoms with Gasteiger partial charge in [0.15, 0.2) is 0 Å². The molecule has 0 fully saturated rings. The minimum Gasteiger partial charge on any atom is -0.305 e. The van der Waals surface area contributed by atoms with Crippen LogP contribution in [0.2, 0.25) is 0 Å². The van der Waals surface area contributed by atoms with E-state index in [0.29, 0.717) is 0 Å². The quantitative estimate of drug-likeness (QED) is 0.375. The van der Waals surface area contributed by atoms with Crippen molar-refractivity contribution in [3.8, 4) is 16.9 Å². The summed E-state index contributed by atoms with van der Waals surface area (Å²) in [7, 11) is 0. The van der Waals surface area contributed by atoms with Crippen molar-refractivity contribution in [1.82, 2.24) is 14.8 Å². The van der Waals surface area contributed by atoms with Crippen molar-refractivity contribution in [2.45, 2.75) is 0 Å². The second-order valence-electron chi connectivity index (χ2n) is 5.07. The van der Waals surface area contributed by atoms with E-state index in [1.807, 2.05) is 83.7 Å². The van der Waals surface area contributed by atoms with Gasteiger partial charge in [-0.15, -0.1) is 42.0 Å². The fraction of sp³-hybridized carbons (Fsp3) is 0. The largest absolute Gasteiger partial charge is 0.305 e. The molecule has 0 aliphatic carbocycles. The Morgan fingerprint density at radius 1 is 0.840 bits per heavy atom. The number of aromatic nitrogens is 3. The SMILES string of the molecule is [CH2-]c1ccccc1-n1cccn1.[Ir].[c-]1ccccc1-c1ccccn1. The topological polar surface area (TPSA) is 30.7 Å². The van der Waals surface area contributed by atoms with Gasteiger partial charge in [0.2, 0.25) is 0 Å². The number of rotatable bonds is 2. The first-order chi connectivity index (χ1) is 11.8. The summed E-state index contributed by atoms with van der Waals surface area (Å²) < 4.78 is 1.81. The van der Waals surface area contributed by atoms with Gasteiger partial charge in [-0.25, -0.2) is 0 Å². The Balaban J connectivity index is 0.000000173. The van der Waals surface area contributed by atoms with Gasteiger partial charge < -0.3 is 4.98 Å². The fourth-order valence-electron chi connectivity index (χ4n) is 2.22. The van der Waals surface area contributed by atoms with Crippen molar-refractivity contribution in [3.63, 3.8) is 0 Å². The zero-order valence-corrected chi connectivity index (χ0v) is 15.9. The zero-order chi connectivity index (χ0) is 16.6. The summed E-state index contributed by atoms with van der Waals surface area (Å²) in [6.45, 7) is 3.92. The molecule has 1 radical (unpaired) electrons. The Kier molecular flexibility index (Phi) is 7.15. The van der Waals surface area contributed by atoms with Crippen LogP contribution in [0.3, 0.4) is 0 Å². The van der Waals surface area contributed by atoms with Crippen LogP contribution in [0.4, 0.5) is 0 Å². The smallest absolute Gasteiger partial charge is 0.0481 e. The van der Waals surface area contributed by atoms with E-state index in [9.17, 15) is 0 Å². The average Bonchev–Trinajstić information content (AvgIpc) is 3.19. The Morgan fingerprint density at radius 3 is 2.28 bits per heavy atom. The zero-order valence-electron chi connectivity index (χ0n) is 13.5. The third-order valence-corrected chi connectivity index (χ3v) is 3.39. The summed E-state index contributed by atoms with van der Waals surface area (Å²) in [4.78, 5) is 4.22. The molecule has 3 nitrogen and oxygen atoms in total. The number of para-hydroxylation sites is 1. The van der Waals surface area contributed by atoms with Crippen molar-refractivity contribution >= 4 is 0 Å². The second-order valence-corrected chi connectivity index (χ2v) is 5.07. The molecule has 4 aromatic rings. The van der Waals surface area contributed by atoms with Crippen molar-refractivity contribution in [2.75, 3.05) is 0 Å². The molecule has 0 N–H and O–H groups in total. The van der Waals surface area contributed by atoms with Gasteiger partial charge in [-0.05, 0) is 23.5 Å². The molecule has 0 atom stereocenters.